The second kappa shape index (κ2) is 7.85. The first-order chi connectivity index (χ1) is 13.0. The van der Waals surface area contributed by atoms with Crippen molar-refractivity contribution in [3.63, 3.8) is 0 Å². The third-order valence-corrected chi connectivity index (χ3v) is 4.52. The molecule has 1 atom stereocenters. The summed E-state index contributed by atoms with van der Waals surface area (Å²) in [4.78, 5) is 28.8. The van der Waals surface area contributed by atoms with Crippen LogP contribution >= 0.6 is 11.3 Å². The second-order valence-electron chi connectivity index (χ2n) is 5.60. The predicted molar refractivity (Wildman–Crippen MR) is 99.2 cm³/mol. The molecule has 1 N–H and O–H groups in total. The number of esters is 1. The minimum absolute atomic E-state index is 0.0161. The average molecular weight is 381 g/mol. The van der Waals surface area contributed by atoms with E-state index in [0.717, 1.165) is 5.56 Å². The van der Waals surface area contributed by atoms with Gasteiger partial charge in [0.15, 0.2) is 11.8 Å². The average Bonchev–Trinajstić information content (AvgIpc) is 3.28. The van der Waals surface area contributed by atoms with Crippen molar-refractivity contribution in [1.29, 1.82) is 5.26 Å². The molecule has 27 heavy (non-hydrogen) atoms. The first-order valence-electron chi connectivity index (χ1n) is 8.02. The number of amides is 1. The van der Waals surface area contributed by atoms with Crippen LogP contribution in [0.3, 0.4) is 0 Å². The van der Waals surface area contributed by atoms with Crippen LogP contribution in [0.15, 0.2) is 46.2 Å². The molecular formula is C19H15N3O4S. The maximum Gasteiger partial charge on any atom is 0.361 e. The van der Waals surface area contributed by atoms with E-state index in [2.05, 4.69) is 10.3 Å². The lowest BCUT2D eigenvalue weighted by Gasteiger charge is -2.12. The topological polar surface area (TPSA) is 105 Å². The molecule has 0 spiro atoms. The van der Waals surface area contributed by atoms with Gasteiger partial charge >= 0.3 is 5.97 Å². The molecule has 0 aliphatic rings. The number of thiophene rings is 1. The fourth-order valence-corrected chi connectivity index (χ4v) is 3.01. The summed E-state index contributed by atoms with van der Waals surface area (Å²) >= 11 is 1.22. The third-order valence-electron chi connectivity index (χ3n) is 3.69. The van der Waals surface area contributed by atoms with E-state index in [1.54, 1.807) is 18.4 Å². The van der Waals surface area contributed by atoms with Crippen molar-refractivity contribution in [3.8, 4) is 17.5 Å². The van der Waals surface area contributed by atoms with Crippen LogP contribution in [0.25, 0.3) is 11.5 Å². The molecular weight excluding hydrogens is 366 g/mol. The summed E-state index contributed by atoms with van der Waals surface area (Å²) in [6.45, 7) is 3.05. The fourth-order valence-electron chi connectivity index (χ4n) is 2.27. The first-order valence-corrected chi connectivity index (χ1v) is 8.90. The van der Waals surface area contributed by atoms with Crippen LogP contribution in [0.4, 0.5) is 5.00 Å². The van der Waals surface area contributed by atoms with E-state index < -0.39 is 18.0 Å². The maximum absolute atomic E-state index is 12.4. The van der Waals surface area contributed by atoms with Gasteiger partial charge in [-0.05, 0) is 37.4 Å². The zero-order chi connectivity index (χ0) is 19.4. The number of oxazole rings is 1. The number of aromatic nitrogens is 1. The van der Waals surface area contributed by atoms with Gasteiger partial charge in [-0.25, -0.2) is 9.78 Å². The quantitative estimate of drug-likeness (QED) is 0.675. The number of nitrogens with one attached hydrogen (secondary N) is 1. The molecule has 0 unspecified atom stereocenters. The number of hydrogen-bond donors (Lipinski definition) is 1. The number of carbonyl (C=O) groups excluding carboxylic acids is 2. The monoisotopic (exact) mass is 381 g/mol. The summed E-state index contributed by atoms with van der Waals surface area (Å²) in [5, 5.41) is 13.7. The lowest BCUT2D eigenvalue weighted by molar-refractivity contribution is -0.123. The Morgan fingerprint density at radius 3 is 2.74 bits per heavy atom. The van der Waals surface area contributed by atoms with Gasteiger partial charge < -0.3 is 14.5 Å². The van der Waals surface area contributed by atoms with E-state index in [9.17, 15) is 9.59 Å². The van der Waals surface area contributed by atoms with Crippen LogP contribution in [0.2, 0.25) is 0 Å². The van der Waals surface area contributed by atoms with Crippen molar-refractivity contribution < 1.29 is 18.7 Å². The highest BCUT2D eigenvalue weighted by Crippen LogP contribution is 2.24. The van der Waals surface area contributed by atoms with Crippen LogP contribution in [-0.2, 0) is 9.53 Å². The Bertz CT molecular complexity index is 1020. The van der Waals surface area contributed by atoms with E-state index >= 15 is 0 Å². The van der Waals surface area contributed by atoms with Crippen molar-refractivity contribution in [2.24, 2.45) is 0 Å². The highest BCUT2D eigenvalue weighted by molar-refractivity contribution is 7.14. The highest BCUT2D eigenvalue weighted by Gasteiger charge is 2.25. The van der Waals surface area contributed by atoms with Gasteiger partial charge in [-0.2, -0.15) is 5.26 Å². The minimum Gasteiger partial charge on any atom is -0.448 e. The van der Waals surface area contributed by atoms with E-state index in [0.29, 0.717) is 22.2 Å². The summed E-state index contributed by atoms with van der Waals surface area (Å²) in [7, 11) is 0. The van der Waals surface area contributed by atoms with Crippen molar-refractivity contribution in [2.45, 2.75) is 20.0 Å². The SMILES string of the molecule is Cc1oc(-c2ccccc2)nc1C(=O)O[C@H](C)C(=O)Nc1sccc1C#N. The van der Waals surface area contributed by atoms with E-state index in [4.69, 9.17) is 14.4 Å². The molecule has 3 rings (SSSR count). The Kier molecular flexibility index (Phi) is 5.33. The van der Waals surface area contributed by atoms with Gasteiger partial charge in [-0.15, -0.1) is 11.3 Å². The second-order valence-corrected chi connectivity index (χ2v) is 6.52. The van der Waals surface area contributed by atoms with E-state index in [-0.39, 0.29) is 5.69 Å². The lowest BCUT2D eigenvalue weighted by atomic mass is 10.2. The molecule has 0 radical (unpaired) electrons. The maximum atomic E-state index is 12.4. The minimum atomic E-state index is -1.07. The number of rotatable bonds is 5. The van der Waals surface area contributed by atoms with Crippen molar-refractivity contribution in [1.82, 2.24) is 4.98 Å². The number of hydrogen-bond acceptors (Lipinski definition) is 7. The molecule has 136 valence electrons. The molecule has 0 saturated heterocycles. The number of nitrogens with zero attached hydrogens (tertiary/aromatic N) is 2. The number of ether oxygens (including phenoxy) is 1. The highest BCUT2D eigenvalue weighted by atomic mass is 32.1. The number of anilines is 1. The molecule has 1 amide bonds. The summed E-state index contributed by atoms with van der Waals surface area (Å²) in [6.07, 6.45) is -1.07. The van der Waals surface area contributed by atoms with E-state index in [1.807, 2.05) is 36.4 Å². The van der Waals surface area contributed by atoms with Gasteiger partial charge in [0.1, 0.15) is 16.8 Å². The zero-order valence-electron chi connectivity index (χ0n) is 14.6. The molecule has 8 heteroatoms. The molecule has 0 bridgehead atoms. The third kappa shape index (κ3) is 4.04. The Morgan fingerprint density at radius 1 is 1.30 bits per heavy atom. The van der Waals surface area contributed by atoms with Crippen LogP contribution in [-0.4, -0.2) is 23.0 Å². The molecule has 0 aliphatic heterocycles. The van der Waals surface area contributed by atoms with Crippen molar-refractivity contribution in [2.75, 3.05) is 5.32 Å². The van der Waals surface area contributed by atoms with Crippen LogP contribution in [0.5, 0.6) is 0 Å². The molecule has 2 aromatic heterocycles. The Hall–Kier alpha value is -3.44. The smallest absolute Gasteiger partial charge is 0.361 e. The Morgan fingerprint density at radius 2 is 2.04 bits per heavy atom. The number of benzene rings is 1. The van der Waals surface area contributed by atoms with Crippen molar-refractivity contribution >= 4 is 28.2 Å². The molecule has 2 heterocycles. The summed E-state index contributed by atoms with van der Waals surface area (Å²) in [6, 6.07) is 12.7. The molecule has 1 aromatic carbocycles. The Labute approximate surface area is 159 Å². The molecule has 7 nitrogen and oxygen atoms in total. The summed E-state index contributed by atoms with van der Waals surface area (Å²) in [5.74, 6) is -0.689. The summed E-state index contributed by atoms with van der Waals surface area (Å²) in [5.41, 5.74) is 1.10. The summed E-state index contributed by atoms with van der Waals surface area (Å²) < 4.78 is 10.7. The fraction of sp³-hybridized carbons (Fsp3) is 0.158. The van der Waals surface area contributed by atoms with Gasteiger partial charge in [0, 0.05) is 5.56 Å². The van der Waals surface area contributed by atoms with Gasteiger partial charge in [0.25, 0.3) is 5.91 Å². The number of nitriles is 1. The van der Waals surface area contributed by atoms with Gasteiger partial charge in [-0.1, -0.05) is 18.2 Å². The molecule has 0 fully saturated rings. The number of aryl methyl sites for hydroxylation is 1. The van der Waals surface area contributed by atoms with Crippen molar-refractivity contribution in [3.05, 3.63) is 58.8 Å². The standard InChI is InChI=1S/C19H15N3O4S/c1-11-15(21-17(25-11)13-6-4-3-5-7-13)19(24)26-12(2)16(23)22-18-14(10-20)8-9-27-18/h3-9,12H,1-2H3,(H,22,23)/t12-/m1/s1. The van der Waals surface area contributed by atoms with Crippen LogP contribution in [0, 0.1) is 18.3 Å². The van der Waals surface area contributed by atoms with Crippen LogP contribution < -0.4 is 5.32 Å². The Balaban J connectivity index is 1.69. The normalized spacial score (nSPS) is 11.4. The lowest BCUT2D eigenvalue weighted by Crippen LogP contribution is -2.30. The van der Waals surface area contributed by atoms with Gasteiger partial charge in [0.2, 0.25) is 5.89 Å². The number of carbonyl (C=O) groups is 2. The van der Waals surface area contributed by atoms with Crippen LogP contribution in [0.1, 0.15) is 28.7 Å². The van der Waals surface area contributed by atoms with Gasteiger partial charge in [0.05, 0.1) is 5.56 Å². The molecule has 0 aliphatic carbocycles. The van der Waals surface area contributed by atoms with E-state index in [1.165, 1.54) is 18.3 Å². The molecule has 3 aromatic rings. The largest absolute Gasteiger partial charge is 0.448 e. The predicted octanol–water partition coefficient (Wildman–Crippen LogP) is 3.77. The molecule has 0 saturated carbocycles. The zero-order valence-corrected chi connectivity index (χ0v) is 15.4. The first kappa shape index (κ1) is 18.4. The van der Waals surface area contributed by atoms with Gasteiger partial charge in [-0.3, -0.25) is 4.79 Å².